The topological polar surface area (TPSA) is 70.8 Å². The minimum atomic E-state index is -0.912. The quantitative estimate of drug-likeness (QED) is 0.507. The van der Waals surface area contributed by atoms with Gasteiger partial charge in [-0.05, 0) is 29.3 Å². The molecule has 0 fully saturated rings. The van der Waals surface area contributed by atoms with Crippen LogP contribution in [0.4, 0.5) is 0 Å². The third kappa shape index (κ3) is 3.32. The molecule has 2 heterocycles. The Morgan fingerprint density at radius 1 is 0.968 bits per heavy atom. The highest BCUT2D eigenvalue weighted by Crippen LogP contribution is 2.39. The maximum absolute atomic E-state index is 13.4. The molecule has 31 heavy (non-hydrogen) atoms. The van der Waals surface area contributed by atoms with E-state index in [-0.39, 0.29) is 23.3 Å². The number of nitrogens with zero attached hydrogens (tertiary/aromatic N) is 1. The Kier molecular flexibility index (Phi) is 4.85. The number of rotatable bonds is 4. The molecule has 1 amide bonds. The maximum atomic E-state index is 13.4. The third-order valence-electron chi connectivity index (χ3n) is 5.60. The first-order valence-electron chi connectivity index (χ1n) is 9.90. The van der Waals surface area contributed by atoms with Crippen LogP contribution in [-0.4, -0.2) is 22.5 Å². The molecule has 0 aliphatic carbocycles. The number of benzene rings is 3. The van der Waals surface area contributed by atoms with E-state index in [9.17, 15) is 14.7 Å². The summed E-state index contributed by atoms with van der Waals surface area (Å²) in [5, 5.41) is 11.6. The molecule has 2 atom stereocenters. The fourth-order valence-electron chi connectivity index (χ4n) is 4.13. The Hall–Kier alpha value is -3.41. The monoisotopic (exact) mass is 431 g/mol. The number of halogens is 1. The average molecular weight is 432 g/mol. The number of amides is 1. The van der Waals surface area contributed by atoms with Crippen molar-refractivity contribution in [3.63, 3.8) is 0 Å². The number of hydrogen-bond donors (Lipinski definition) is 1. The Balaban J connectivity index is 1.67. The van der Waals surface area contributed by atoms with E-state index in [2.05, 4.69) is 0 Å². The molecule has 1 aliphatic heterocycles. The number of fused-ring (bicyclic) bond motifs is 2. The zero-order chi connectivity index (χ0) is 21.5. The number of aliphatic hydroxyl groups is 1. The molecular weight excluding hydrogens is 414 g/mol. The van der Waals surface area contributed by atoms with E-state index >= 15 is 0 Å². The molecule has 5 nitrogen and oxygen atoms in total. The van der Waals surface area contributed by atoms with Gasteiger partial charge in [-0.3, -0.25) is 9.59 Å². The minimum absolute atomic E-state index is 0.00828. The molecule has 5 rings (SSSR count). The van der Waals surface area contributed by atoms with E-state index in [1.807, 2.05) is 48.5 Å². The van der Waals surface area contributed by atoms with Gasteiger partial charge in [0, 0.05) is 5.02 Å². The van der Waals surface area contributed by atoms with Gasteiger partial charge in [0.05, 0.1) is 29.6 Å². The Bertz CT molecular complexity index is 1330. The standard InChI is InChI=1S/C25H18ClNO4/c26-17-11-12-20-18(13-17)23(29)21-22(16-9-5-2-6-10-16)27(25(30)24(21)31-20)14-19(28)15-7-3-1-4-8-15/h1-13,19,22,28H,14H2/t19-,22-/m1/s1. The summed E-state index contributed by atoms with van der Waals surface area (Å²) in [7, 11) is 0. The zero-order valence-electron chi connectivity index (χ0n) is 16.4. The first-order chi connectivity index (χ1) is 15.0. The second-order valence-corrected chi connectivity index (χ2v) is 7.95. The van der Waals surface area contributed by atoms with Gasteiger partial charge in [-0.1, -0.05) is 72.3 Å². The van der Waals surface area contributed by atoms with Crippen LogP contribution in [0.25, 0.3) is 11.0 Å². The molecule has 0 unspecified atom stereocenters. The van der Waals surface area contributed by atoms with Crippen LogP contribution in [0.5, 0.6) is 0 Å². The minimum Gasteiger partial charge on any atom is -0.450 e. The van der Waals surface area contributed by atoms with Crippen molar-refractivity contribution >= 4 is 28.5 Å². The van der Waals surface area contributed by atoms with Crippen molar-refractivity contribution in [2.75, 3.05) is 6.54 Å². The lowest BCUT2D eigenvalue weighted by Crippen LogP contribution is -2.33. The molecule has 154 valence electrons. The summed E-state index contributed by atoms with van der Waals surface area (Å²) in [6.45, 7) is 0.0170. The molecule has 0 spiro atoms. The highest BCUT2D eigenvalue weighted by atomic mass is 35.5. The van der Waals surface area contributed by atoms with E-state index < -0.39 is 18.1 Å². The van der Waals surface area contributed by atoms with Gasteiger partial charge in [-0.25, -0.2) is 0 Å². The van der Waals surface area contributed by atoms with Crippen molar-refractivity contribution in [3.05, 3.63) is 117 Å². The molecule has 1 aromatic heterocycles. The summed E-state index contributed by atoms with van der Waals surface area (Å²) >= 11 is 6.10. The second-order valence-electron chi connectivity index (χ2n) is 7.51. The number of carbonyl (C=O) groups is 1. The van der Waals surface area contributed by atoms with Crippen molar-refractivity contribution in [2.45, 2.75) is 12.1 Å². The summed E-state index contributed by atoms with van der Waals surface area (Å²) < 4.78 is 5.89. The van der Waals surface area contributed by atoms with Crippen LogP contribution < -0.4 is 5.43 Å². The predicted octanol–water partition coefficient (Wildman–Crippen LogP) is 4.73. The van der Waals surface area contributed by atoms with Gasteiger partial charge in [0.2, 0.25) is 5.76 Å². The fraction of sp³-hybridized carbons (Fsp3) is 0.120. The van der Waals surface area contributed by atoms with E-state index in [0.717, 1.165) is 5.56 Å². The first-order valence-corrected chi connectivity index (χ1v) is 10.3. The highest BCUT2D eigenvalue weighted by molar-refractivity contribution is 6.31. The number of β-amino-alcohol motifs (C(OH)–C–C–N with tert-alkyl or cyclic N) is 1. The molecular formula is C25H18ClNO4. The van der Waals surface area contributed by atoms with E-state index in [0.29, 0.717) is 21.6 Å². The van der Waals surface area contributed by atoms with Crippen molar-refractivity contribution in [1.82, 2.24) is 4.90 Å². The Labute approximate surface area is 183 Å². The van der Waals surface area contributed by atoms with E-state index in [1.165, 1.54) is 4.90 Å². The lowest BCUT2D eigenvalue weighted by molar-refractivity contribution is 0.0583. The number of carbonyl (C=O) groups excluding carboxylic acids is 1. The lowest BCUT2D eigenvalue weighted by Gasteiger charge is -2.27. The third-order valence-corrected chi connectivity index (χ3v) is 5.83. The van der Waals surface area contributed by atoms with Crippen molar-refractivity contribution in [1.29, 1.82) is 0 Å². The summed E-state index contributed by atoms with van der Waals surface area (Å²) in [4.78, 5) is 28.3. The van der Waals surface area contributed by atoms with Gasteiger partial charge >= 0.3 is 0 Å². The van der Waals surface area contributed by atoms with E-state index in [4.69, 9.17) is 16.0 Å². The maximum Gasteiger partial charge on any atom is 0.291 e. The molecule has 6 heteroatoms. The molecule has 3 aromatic carbocycles. The summed E-state index contributed by atoms with van der Waals surface area (Å²) in [6.07, 6.45) is -0.912. The lowest BCUT2D eigenvalue weighted by atomic mass is 9.98. The van der Waals surface area contributed by atoms with Gasteiger partial charge in [0.1, 0.15) is 5.58 Å². The van der Waals surface area contributed by atoms with Crippen LogP contribution in [-0.2, 0) is 0 Å². The zero-order valence-corrected chi connectivity index (χ0v) is 17.1. The summed E-state index contributed by atoms with van der Waals surface area (Å²) in [5.41, 5.74) is 1.74. The molecule has 0 saturated heterocycles. The molecule has 0 radical (unpaired) electrons. The Morgan fingerprint density at radius 2 is 1.65 bits per heavy atom. The van der Waals surface area contributed by atoms with Crippen molar-refractivity contribution in [3.8, 4) is 0 Å². The number of aliphatic hydroxyl groups excluding tert-OH is 1. The average Bonchev–Trinajstić information content (AvgIpc) is 3.07. The highest BCUT2D eigenvalue weighted by Gasteiger charge is 2.43. The summed E-state index contributed by atoms with van der Waals surface area (Å²) in [6, 6.07) is 22.5. The van der Waals surface area contributed by atoms with E-state index in [1.54, 1.807) is 30.3 Å². The van der Waals surface area contributed by atoms with Crippen LogP contribution in [0.3, 0.4) is 0 Å². The largest absolute Gasteiger partial charge is 0.450 e. The molecule has 1 aliphatic rings. The van der Waals surface area contributed by atoms with Crippen LogP contribution in [0, 0.1) is 0 Å². The van der Waals surface area contributed by atoms with Gasteiger partial charge in [-0.2, -0.15) is 0 Å². The first kappa shape index (κ1) is 19.5. The van der Waals surface area contributed by atoms with Gasteiger partial charge in [0.15, 0.2) is 5.43 Å². The van der Waals surface area contributed by atoms with Crippen molar-refractivity contribution in [2.24, 2.45) is 0 Å². The predicted molar refractivity (Wildman–Crippen MR) is 118 cm³/mol. The van der Waals surface area contributed by atoms with Crippen LogP contribution in [0.1, 0.15) is 39.4 Å². The molecule has 4 aromatic rings. The normalized spacial score (nSPS) is 16.5. The smallest absolute Gasteiger partial charge is 0.291 e. The molecule has 0 saturated carbocycles. The molecule has 0 bridgehead atoms. The van der Waals surface area contributed by atoms with Crippen LogP contribution in [0.15, 0.2) is 88.1 Å². The second kappa shape index (κ2) is 7.69. The number of hydrogen-bond acceptors (Lipinski definition) is 4. The summed E-state index contributed by atoms with van der Waals surface area (Å²) in [5.74, 6) is -0.415. The van der Waals surface area contributed by atoms with Crippen LogP contribution in [0.2, 0.25) is 5.02 Å². The molecule has 1 N–H and O–H groups in total. The SMILES string of the molecule is O=C1c2oc3ccc(Cl)cc3c(=O)c2[C@@H](c2ccccc2)N1C[C@@H](O)c1ccccc1. The van der Waals surface area contributed by atoms with Gasteiger partial charge < -0.3 is 14.4 Å². The van der Waals surface area contributed by atoms with Gasteiger partial charge in [-0.15, -0.1) is 0 Å². The Morgan fingerprint density at radius 3 is 2.35 bits per heavy atom. The van der Waals surface area contributed by atoms with Gasteiger partial charge in [0.25, 0.3) is 5.91 Å². The van der Waals surface area contributed by atoms with Crippen molar-refractivity contribution < 1.29 is 14.3 Å². The van der Waals surface area contributed by atoms with Crippen LogP contribution >= 0.6 is 11.6 Å². The fourth-order valence-corrected chi connectivity index (χ4v) is 4.30.